The first-order valence-electron chi connectivity index (χ1n) is 3.38. The third-order valence-electron chi connectivity index (χ3n) is 1.57. The molecule has 1 aromatic rings. The lowest BCUT2D eigenvalue weighted by Crippen LogP contribution is -2.01. The Morgan fingerprint density at radius 2 is 2.50 bits per heavy atom. The van der Waals surface area contributed by atoms with Gasteiger partial charge in [-0.2, -0.15) is 0 Å². The van der Waals surface area contributed by atoms with Crippen molar-refractivity contribution in [2.75, 3.05) is 5.75 Å². The fraction of sp³-hybridized carbons (Fsp3) is 0.429. The van der Waals surface area contributed by atoms with Gasteiger partial charge in [0.25, 0.3) is 0 Å². The Balaban J connectivity index is 2.41. The van der Waals surface area contributed by atoms with Crippen molar-refractivity contribution >= 4 is 11.8 Å². The normalized spacial score (nSPS) is 16.4. The number of rotatable bonds is 0. The summed E-state index contributed by atoms with van der Waals surface area (Å²) in [6.45, 7) is 0. The number of nitrogens with zero attached hydrogens (tertiary/aromatic N) is 2. The molecule has 10 heavy (non-hydrogen) atoms. The molecule has 0 atom stereocenters. The lowest BCUT2D eigenvalue weighted by molar-refractivity contribution is 0.827. The summed E-state index contributed by atoms with van der Waals surface area (Å²) < 4.78 is 0. The van der Waals surface area contributed by atoms with Crippen LogP contribution in [0.2, 0.25) is 0 Å². The van der Waals surface area contributed by atoms with Crippen molar-refractivity contribution in [3.8, 4) is 0 Å². The predicted octanol–water partition coefficient (Wildman–Crippen LogP) is 1.51. The number of thioether (sulfide) groups is 1. The number of fused-ring (bicyclic) bond motifs is 1. The minimum absolute atomic E-state index is 1.13. The molecule has 0 aromatic carbocycles. The van der Waals surface area contributed by atoms with Gasteiger partial charge in [-0.25, -0.2) is 9.97 Å². The lowest BCUT2D eigenvalue weighted by atomic mass is 10.2. The van der Waals surface area contributed by atoms with Crippen LogP contribution in [-0.2, 0) is 6.42 Å². The summed E-state index contributed by atoms with van der Waals surface area (Å²) in [6, 6.07) is 0. The largest absolute Gasteiger partial charge is 0.244 e. The van der Waals surface area contributed by atoms with Crippen LogP contribution in [0.15, 0.2) is 17.4 Å². The molecule has 0 unspecified atom stereocenters. The molecule has 0 bridgehead atoms. The van der Waals surface area contributed by atoms with E-state index in [0.717, 1.165) is 6.42 Å². The summed E-state index contributed by atoms with van der Waals surface area (Å²) in [7, 11) is 0. The van der Waals surface area contributed by atoms with E-state index >= 15 is 0 Å². The molecule has 3 heteroatoms. The zero-order chi connectivity index (χ0) is 6.81. The van der Waals surface area contributed by atoms with Crippen LogP contribution in [0.5, 0.6) is 0 Å². The molecule has 1 aliphatic heterocycles. The van der Waals surface area contributed by atoms with Crippen molar-refractivity contribution in [2.45, 2.75) is 17.7 Å². The molecule has 0 saturated carbocycles. The van der Waals surface area contributed by atoms with Crippen LogP contribution in [-0.4, -0.2) is 15.7 Å². The summed E-state index contributed by atoms with van der Waals surface area (Å²) >= 11 is 1.86. The molecule has 0 radical (unpaired) electrons. The maximum absolute atomic E-state index is 4.19. The maximum atomic E-state index is 4.19. The highest BCUT2D eigenvalue weighted by atomic mass is 32.2. The molecule has 0 aliphatic carbocycles. The van der Waals surface area contributed by atoms with E-state index in [4.69, 9.17) is 0 Å². The first kappa shape index (κ1) is 6.16. The van der Waals surface area contributed by atoms with Crippen LogP contribution in [0.1, 0.15) is 12.1 Å². The molecule has 2 nitrogen and oxygen atoms in total. The predicted molar refractivity (Wildman–Crippen MR) is 41.1 cm³/mol. The van der Waals surface area contributed by atoms with E-state index in [1.807, 2.05) is 18.0 Å². The van der Waals surface area contributed by atoms with Gasteiger partial charge < -0.3 is 0 Å². The molecular weight excluding hydrogens is 144 g/mol. The van der Waals surface area contributed by atoms with Crippen LogP contribution >= 0.6 is 11.8 Å². The molecule has 2 heterocycles. The second-order valence-electron chi connectivity index (χ2n) is 2.29. The van der Waals surface area contributed by atoms with Crippen molar-refractivity contribution in [1.29, 1.82) is 0 Å². The van der Waals surface area contributed by atoms with Crippen LogP contribution in [0.4, 0.5) is 0 Å². The Labute approximate surface area is 64.1 Å². The van der Waals surface area contributed by atoms with Gasteiger partial charge in [0.15, 0.2) is 0 Å². The van der Waals surface area contributed by atoms with E-state index in [1.165, 1.54) is 22.8 Å². The molecule has 0 N–H and O–H groups in total. The van der Waals surface area contributed by atoms with Crippen LogP contribution in [0.25, 0.3) is 0 Å². The molecule has 0 fully saturated rings. The van der Waals surface area contributed by atoms with Crippen molar-refractivity contribution in [3.63, 3.8) is 0 Å². The van der Waals surface area contributed by atoms with Crippen molar-refractivity contribution < 1.29 is 0 Å². The van der Waals surface area contributed by atoms with Gasteiger partial charge in [0.05, 0.1) is 5.69 Å². The number of hydrogen-bond acceptors (Lipinski definition) is 3. The zero-order valence-electron chi connectivity index (χ0n) is 5.58. The summed E-state index contributed by atoms with van der Waals surface area (Å²) in [5.41, 5.74) is 1.23. The second kappa shape index (κ2) is 2.58. The Morgan fingerprint density at radius 3 is 3.40 bits per heavy atom. The Bertz CT molecular complexity index is 212. The number of aryl methyl sites for hydroxylation is 1. The van der Waals surface area contributed by atoms with E-state index in [2.05, 4.69) is 9.97 Å². The summed E-state index contributed by atoms with van der Waals surface area (Å²) in [5.74, 6) is 1.22. The van der Waals surface area contributed by atoms with Crippen LogP contribution < -0.4 is 0 Å². The van der Waals surface area contributed by atoms with E-state index in [1.54, 1.807) is 6.33 Å². The maximum Gasteiger partial charge on any atom is 0.115 e. The second-order valence-corrected chi connectivity index (χ2v) is 3.42. The average Bonchev–Trinajstić information content (AvgIpc) is 2.05. The van der Waals surface area contributed by atoms with Gasteiger partial charge >= 0.3 is 0 Å². The molecule has 2 rings (SSSR count). The number of hydrogen-bond donors (Lipinski definition) is 0. The van der Waals surface area contributed by atoms with Crippen molar-refractivity contribution in [1.82, 2.24) is 9.97 Å². The minimum Gasteiger partial charge on any atom is -0.244 e. The Kier molecular flexibility index (Phi) is 1.59. The molecule has 52 valence electrons. The highest BCUT2D eigenvalue weighted by Gasteiger charge is 2.09. The highest BCUT2D eigenvalue weighted by molar-refractivity contribution is 7.99. The van der Waals surface area contributed by atoms with E-state index < -0.39 is 0 Å². The first-order chi connectivity index (χ1) is 4.97. The monoisotopic (exact) mass is 152 g/mol. The van der Waals surface area contributed by atoms with Crippen molar-refractivity contribution in [2.24, 2.45) is 0 Å². The third-order valence-corrected chi connectivity index (χ3v) is 2.72. The number of aromatic nitrogens is 2. The zero-order valence-corrected chi connectivity index (χ0v) is 6.40. The minimum atomic E-state index is 1.13. The van der Waals surface area contributed by atoms with Gasteiger partial charge in [-0.05, 0) is 18.6 Å². The van der Waals surface area contributed by atoms with Gasteiger partial charge in [0.1, 0.15) is 6.33 Å². The third kappa shape index (κ3) is 1.01. The van der Waals surface area contributed by atoms with Crippen LogP contribution in [0, 0.1) is 0 Å². The molecule has 1 aliphatic rings. The van der Waals surface area contributed by atoms with Crippen molar-refractivity contribution in [3.05, 3.63) is 18.2 Å². The first-order valence-corrected chi connectivity index (χ1v) is 4.37. The standard InChI is InChI=1S/C7H8N2S/c1-2-6-7(10-3-1)4-8-5-9-6/h4-5H,1-3H2. The van der Waals surface area contributed by atoms with Crippen LogP contribution in [0.3, 0.4) is 0 Å². The van der Waals surface area contributed by atoms with Gasteiger partial charge in [-0.15, -0.1) is 11.8 Å². The molecule has 0 saturated heterocycles. The van der Waals surface area contributed by atoms with Gasteiger partial charge in [-0.3, -0.25) is 0 Å². The van der Waals surface area contributed by atoms with Gasteiger partial charge in [0, 0.05) is 11.1 Å². The molecule has 0 spiro atoms. The van der Waals surface area contributed by atoms with Gasteiger partial charge in [-0.1, -0.05) is 0 Å². The fourth-order valence-corrected chi connectivity index (χ4v) is 2.04. The fourth-order valence-electron chi connectivity index (χ4n) is 1.07. The van der Waals surface area contributed by atoms with E-state index in [0.29, 0.717) is 0 Å². The highest BCUT2D eigenvalue weighted by Crippen LogP contribution is 2.26. The smallest absolute Gasteiger partial charge is 0.115 e. The summed E-state index contributed by atoms with van der Waals surface area (Å²) in [5, 5.41) is 0. The average molecular weight is 152 g/mol. The Morgan fingerprint density at radius 1 is 1.50 bits per heavy atom. The van der Waals surface area contributed by atoms with Gasteiger partial charge in [0.2, 0.25) is 0 Å². The lowest BCUT2D eigenvalue weighted by Gasteiger charge is -2.11. The molecular formula is C7H8N2S. The quantitative estimate of drug-likeness (QED) is 0.563. The Hall–Kier alpha value is -0.570. The molecule has 1 aromatic heterocycles. The summed E-state index contributed by atoms with van der Waals surface area (Å²) in [6.07, 6.45) is 5.93. The SMILES string of the molecule is c1ncc2c(n1)CCCS2. The van der Waals surface area contributed by atoms with E-state index in [9.17, 15) is 0 Å². The molecule has 0 amide bonds. The summed E-state index contributed by atoms with van der Waals surface area (Å²) in [4.78, 5) is 9.43. The van der Waals surface area contributed by atoms with E-state index in [-0.39, 0.29) is 0 Å². The topological polar surface area (TPSA) is 25.8 Å².